The standard InChI is InChI=1S/C2H5NO2.FH.H2O/c3-1-2(4)5;;/h1,3H2,(H,4,5);1H;1H2. The molecule has 5 N–H and O–H groups in total. The first kappa shape index (κ1) is 16.2. The molecule has 0 rings (SSSR count). The molecule has 0 spiro atoms. The van der Waals surface area contributed by atoms with Crippen molar-refractivity contribution < 1.29 is 20.1 Å². The molecule has 0 radical (unpaired) electrons. The van der Waals surface area contributed by atoms with Gasteiger partial charge in [0.05, 0.1) is 6.54 Å². The van der Waals surface area contributed by atoms with E-state index in [9.17, 15) is 4.79 Å². The molecule has 0 saturated heterocycles. The maximum atomic E-state index is 9.24. The summed E-state index contributed by atoms with van der Waals surface area (Å²) < 4.78 is 0. The number of carbonyl (C=O) groups is 1. The number of rotatable bonds is 1. The number of hydrogen-bond acceptors (Lipinski definition) is 2. The summed E-state index contributed by atoms with van der Waals surface area (Å²) in [5.41, 5.74) is 4.57. The molecule has 0 atom stereocenters. The number of halogens is 1. The van der Waals surface area contributed by atoms with Crippen molar-refractivity contribution in [1.29, 1.82) is 0 Å². The number of hydrogen-bond donors (Lipinski definition) is 2. The molecule has 0 amide bonds. The highest BCUT2D eigenvalue weighted by molar-refractivity contribution is 5.68. The van der Waals surface area contributed by atoms with Gasteiger partial charge in [0.15, 0.2) is 0 Å². The van der Waals surface area contributed by atoms with E-state index in [4.69, 9.17) is 5.11 Å². The second-order valence-electron chi connectivity index (χ2n) is 0.598. The van der Waals surface area contributed by atoms with Crippen molar-refractivity contribution in [2.24, 2.45) is 5.73 Å². The molecule has 46 valence electrons. The first-order valence-corrected chi connectivity index (χ1v) is 1.19. The predicted molar refractivity (Wildman–Crippen MR) is 22.8 cm³/mol. The molecule has 5 heteroatoms. The minimum atomic E-state index is -0.968. The monoisotopic (exact) mass is 113 g/mol. The van der Waals surface area contributed by atoms with Crippen LogP contribution in [0.1, 0.15) is 0 Å². The Kier molecular flexibility index (Phi) is 20.9. The first-order valence-electron chi connectivity index (χ1n) is 1.19. The Bertz CT molecular complexity index is 48.2. The van der Waals surface area contributed by atoms with Crippen molar-refractivity contribution in [1.82, 2.24) is 0 Å². The van der Waals surface area contributed by atoms with Crippen molar-refractivity contribution in [2.45, 2.75) is 0 Å². The molecule has 0 heterocycles. The Labute approximate surface area is 39.6 Å². The fourth-order valence-electron chi connectivity index (χ4n) is 0. The Hall–Kier alpha value is -0.680. The zero-order valence-corrected chi connectivity index (χ0v) is 3.55. The molecule has 7 heavy (non-hydrogen) atoms. The van der Waals surface area contributed by atoms with Gasteiger partial charge in [-0.3, -0.25) is 9.50 Å². The van der Waals surface area contributed by atoms with Crippen LogP contribution in [0.15, 0.2) is 0 Å². The minimum absolute atomic E-state index is 0. The van der Waals surface area contributed by atoms with Crippen LogP contribution in [-0.4, -0.2) is 23.1 Å². The summed E-state index contributed by atoms with van der Waals surface area (Å²) in [6, 6.07) is 0. The largest absolute Gasteiger partial charge is 0.480 e. The fourth-order valence-corrected chi connectivity index (χ4v) is 0. The Morgan fingerprint density at radius 2 is 1.86 bits per heavy atom. The van der Waals surface area contributed by atoms with Gasteiger partial charge in [0.25, 0.3) is 0 Å². The van der Waals surface area contributed by atoms with Crippen molar-refractivity contribution in [3.8, 4) is 0 Å². The number of nitrogens with two attached hydrogens (primary N) is 1. The summed E-state index contributed by atoms with van der Waals surface area (Å²) >= 11 is 0. The molecule has 0 bridgehead atoms. The SMILES string of the molecule is F.NCC(=O)O.O. The molecule has 0 aliphatic heterocycles. The minimum Gasteiger partial charge on any atom is -0.480 e. The zero-order valence-electron chi connectivity index (χ0n) is 3.55. The lowest BCUT2D eigenvalue weighted by molar-refractivity contribution is -0.135. The molecule has 4 nitrogen and oxygen atoms in total. The van der Waals surface area contributed by atoms with Gasteiger partial charge in [0.1, 0.15) is 0 Å². The second kappa shape index (κ2) is 9.01. The summed E-state index contributed by atoms with van der Waals surface area (Å²) in [6.07, 6.45) is 0. The van der Waals surface area contributed by atoms with Crippen LogP contribution in [0.25, 0.3) is 0 Å². The smallest absolute Gasteiger partial charge is 0.317 e. The second-order valence-corrected chi connectivity index (χ2v) is 0.598. The van der Waals surface area contributed by atoms with E-state index in [-0.39, 0.29) is 16.7 Å². The summed E-state index contributed by atoms with van der Waals surface area (Å²) in [7, 11) is 0. The first-order chi connectivity index (χ1) is 2.27. The van der Waals surface area contributed by atoms with Crippen LogP contribution < -0.4 is 5.73 Å². The molecule has 0 unspecified atom stereocenters. The highest BCUT2D eigenvalue weighted by atomic mass is 19.0. The summed E-state index contributed by atoms with van der Waals surface area (Å²) in [5.74, 6) is -0.968. The molecule has 0 aromatic carbocycles. The van der Waals surface area contributed by atoms with Gasteiger partial charge in [-0.15, -0.1) is 0 Å². The lowest BCUT2D eigenvalue weighted by atomic mass is 10.7. The summed E-state index contributed by atoms with van der Waals surface area (Å²) in [5, 5.41) is 7.60. The average molecular weight is 113 g/mol. The zero-order chi connectivity index (χ0) is 4.28. The van der Waals surface area contributed by atoms with Crippen molar-refractivity contribution in [3.05, 3.63) is 0 Å². The molecule has 0 aliphatic rings. The Balaban J connectivity index is -0.0000000800. The van der Waals surface area contributed by atoms with Crippen molar-refractivity contribution >= 4 is 5.97 Å². The molecular weight excluding hydrogens is 105 g/mol. The molecule has 0 aromatic heterocycles. The van der Waals surface area contributed by atoms with E-state index in [2.05, 4.69) is 5.73 Å². The van der Waals surface area contributed by atoms with E-state index in [0.717, 1.165) is 0 Å². The Morgan fingerprint density at radius 1 is 1.71 bits per heavy atom. The maximum Gasteiger partial charge on any atom is 0.317 e. The van der Waals surface area contributed by atoms with Crippen LogP contribution in [0.2, 0.25) is 0 Å². The third-order valence-corrected chi connectivity index (χ3v) is 0.175. The van der Waals surface area contributed by atoms with Gasteiger partial charge in [-0.2, -0.15) is 0 Å². The lowest BCUT2D eigenvalue weighted by Gasteiger charge is -1.73. The maximum absolute atomic E-state index is 9.24. The number of carboxylic acid groups (broad SMARTS) is 1. The highest BCUT2D eigenvalue weighted by Crippen LogP contribution is 1.43. The van der Waals surface area contributed by atoms with E-state index in [1.165, 1.54) is 0 Å². The van der Waals surface area contributed by atoms with E-state index in [1.807, 2.05) is 0 Å². The third kappa shape index (κ3) is 33.7. The van der Waals surface area contributed by atoms with Crippen LogP contribution in [0.3, 0.4) is 0 Å². The van der Waals surface area contributed by atoms with Gasteiger partial charge in [-0.25, -0.2) is 0 Å². The molecule has 0 aromatic rings. The Morgan fingerprint density at radius 3 is 1.86 bits per heavy atom. The van der Waals surface area contributed by atoms with Gasteiger partial charge >= 0.3 is 5.97 Å². The lowest BCUT2D eigenvalue weighted by Crippen LogP contribution is -2.10. The predicted octanol–water partition coefficient (Wildman–Crippen LogP) is -1.64. The van der Waals surface area contributed by atoms with Crippen LogP contribution in [-0.2, 0) is 4.79 Å². The van der Waals surface area contributed by atoms with Crippen LogP contribution in [0, 0.1) is 0 Å². The van der Waals surface area contributed by atoms with Gasteiger partial charge in [0, 0.05) is 0 Å². The van der Waals surface area contributed by atoms with Crippen molar-refractivity contribution in [2.75, 3.05) is 6.54 Å². The van der Waals surface area contributed by atoms with E-state index < -0.39 is 5.97 Å². The van der Waals surface area contributed by atoms with Crippen LogP contribution in [0.5, 0.6) is 0 Å². The topological polar surface area (TPSA) is 94.8 Å². The van der Waals surface area contributed by atoms with E-state index >= 15 is 0 Å². The van der Waals surface area contributed by atoms with Crippen LogP contribution in [0.4, 0.5) is 4.70 Å². The molecule has 0 saturated carbocycles. The van der Waals surface area contributed by atoms with E-state index in [0.29, 0.717) is 0 Å². The normalized spacial score (nSPS) is 5.29. The van der Waals surface area contributed by atoms with Gasteiger partial charge in [-0.05, 0) is 0 Å². The molecule has 0 aliphatic carbocycles. The average Bonchev–Trinajstić information content (AvgIpc) is 1.38. The van der Waals surface area contributed by atoms with E-state index in [1.54, 1.807) is 0 Å². The third-order valence-electron chi connectivity index (χ3n) is 0.175. The van der Waals surface area contributed by atoms with Gasteiger partial charge < -0.3 is 16.3 Å². The van der Waals surface area contributed by atoms with Gasteiger partial charge in [-0.1, -0.05) is 0 Å². The fraction of sp³-hybridized carbons (Fsp3) is 0.500. The van der Waals surface area contributed by atoms with Crippen molar-refractivity contribution in [3.63, 3.8) is 0 Å². The number of carboxylic acids is 1. The van der Waals surface area contributed by atoms with Crippen LogP contribution >= 0.6 is 0 Å². The highest BCUT2D eigenvalue weighted by Gasteiger charge is 1.81. The summed E-state index contributed by atoms with van der Waals surface area (Å²) in [6.45, 7) is -0.278. The quantitative estimate of drug-likeness (QED) is 0.426. The van der Waals surface area contributed by atoms with Gasteiger partial charge in [0.2, 0.25) is 0 Å². The number of aliphatic carboxylic acids is 1. The molecular formula is C2H8FNO3. The molecule has 0 fully saturated rings. The summed E-state index contributed by atoms with van der Waals surface area (Å²) in [4.78, 5) is 9.24.